The molecule has 0 fully saturated rings. The Labute approximate surface area is 177 Å². The Kier molecular flexibility index (Phi) is 6.18. The Morgan fingerprint density at radius 1 is 1.07 bits per heavy atom. The van der Waals surface area contributed by atoms with Crippen molar-refractivity contribution in [3.8, 4) is 16.9 Å². The molecule has 3 rings (SSSR count). The van der Waals surface area contributed by atoms with E-state index in [1.54, 1.807) is 55.7 Å². The zero-order chi connectivity index (χ0) is 21.8. The third-order valence-electron chi connectivity index (χ3n) is 4.53. The Morgan fingerprint density at radius 3 is 2.40 bits per heavy atom. The van der Waals surface area contributed by atoms with E-state index in [0.29, 0.717) is 38.6 Å². The SMILES string of the molecule is COc1ccc(-c2cn(C)c(=O)cc2/C=C/C(=O)O)c(C(=O)c2ccc(Cl)cc2)c1. The third-order valence-corrected chi connectivity index (χ3v) is 4.79. The lowest BCUT2D eigenvalue weighted by atomic mass is 9.92. The van der Waals surface area contributed by atoms with E-state index in [2.05, 4.69) is 0 Å². The number of halogens is 1. The molecule has 1 aromatic heterocycles. The van der Waals surface area contributed by atoms with Crippen molar-refractivity contribution in [1.82, 2.24) is 4.57 Å². The molecular formula is C23H18ClNO5. The van der Waals surface area contributed by atoms with Crippen LogP contribution >= 0.6 is 11.6 Å². The molecule has 0 atom stereocenters. The molecule has 0 saturated carbocycles. The molecule has 6 nitrogen and oxygen atoms in total. The molecule has 0 bridgehead atoms. The molecule has 0 unspecified atom stereocenters. The van der Waals surface area contributed by atoms with Crippen LogP contribution in [0.25, 0.3) is 17.2 Å². The van der Waals surface area contributed by atoms with Crippen molar-refractivity contribution < 1.29 is 19.4 Å². The van der Waals surface area contributed by atoms with E-state index in [-0.39, 0.29) is 11.3 Å². The van der Waals surface area contributed by atoms with Gasteiger partial charge in [0.25, 0.3) is 5.56 Å². The Hall–Kier alpha value is -3.64. The number of aromatic nitrogens is 1. The van der Waals surface area contributed by atoms with Gasteiger partial charge in [0.05, 0.1) is 7.11 Å². The summed E-state index contributed by atoms with van der Waals surface area (Å²) in [5, 5.41) is 9.50. The van der Waals surface area contributed by atoms with Gasteiger partial charge >= 0.3 is 5.97 Å². The highest BCUT2D eigenvalue weighted by atomic mass is 35.5. The van der Waals surface area contributed by atoms with Gasteiger partial charge in [0, 0.05) is 47.1 Å². The van der Waals surface area contributed by atoms with Gasteiger partial charge < -0.3 is 14.4 Å². The second kappa shape index (κ2) is 8.80. The van der Waals surface area contributed by atoms with Gasteiger partial charge in [-0.2, -0.15) is 0 Å². The second-order valence-corrected chi connectivity index (χ2v) is 6.95. The van der Waals surface area contributed by atoms with E-state index >= 15 is 0 Å². The number of hydrogen-bond acceptors (Lipinski definition) is 4. The van der Waals surface area contributed by atoms with Crippen LogP contribution in [0.5, 0.6) is 5.75 Å². The van der Waals surface area contributed by atoms with E-state index in [1.807, 2.05) is 0 Å². The average Bonchev–Trinajstić information content (AvgIpc) is 2.74. The van der Waals surface area contributed by atoms with Crippen LogP contribution in [0.1, 0.15) is 21.5 Å². The first-order chi connectivity index (χ1) is 14.3. The minimum Gasteiger partial charge on any atom is -0.497 e. The monoisotopic (exact) mass is 423 g/mol. The number of carboxylic acid groups (broad SMARTS) is 1. The van der Waals surface area contributed by atoms with Gasteiger partial charge in [-0.3, -0.25) is 9.59 Å². The molecule has 0 amide bonds. The molecule has 3 aromatic rings. The van der Waals surface area contributed by atoms with E-state index in [0.717, 1.165) is 6.08 Å². The maximum Gasteiger partial charge on any atom is 0.328 e. The molecule has 0 radical (unpaired) electrons. The summed E-state index contributed by atoms with van der Waals surface area (Å²) in [5.41, 5.74) is 1.94. The molecule has 152 valence electrons. The Balaban J connectivity index is 2.25. The zero-order valence-corrected chi connectivity index (χ0v) is 17.0. The highest BCUT2D eigenvalue weighted by molar-refractivity contribution is 6.30. The van der Waals surface area contributed by atoms with Crippen molar-refractivity contribution in [2.24, 2.45) is 7.05 Å². The van der Waals surface area contributed by atoms with Gasteiger partial charge in [-0.25, -0.2) is 4.79 Å². The second-order valence-electron chi connectivity index (χ2n) is 6.51. The molecular weight excluding hydrogens is 406 g/mol. The van der Waals surface area contributed by atoms with Crippen LogP contribution in [-0.4, -0.2) is 28.5 Å². The lowest BCUT2D eigenvalue weighted by Crippen LogP contribution is -2.16. The van der Waals surface area contributed by atoms with E-state index < -0.39 is 5.97 Å². The van der Waals surface area contributed by atoms with Gasteiger partial charge in [-0.1, -0.05) is 11.6 Å². The van der Waals surface area contributed by atoms with Crippen LogP contribution in [0.15, 0.2) is 65.6 Å². The predicted molar refractivity (Wildman–Crippen MR) is 115 cm³/mol. The summed E-state index contributed by atoms with van der Waals surface area (Å²) in [6.45, 7) is 0. The maximum atomic E-state index is 13.3. The fourth-order valence-corrected chi connectivity index (χ4v) is 3.12. The molecule has 0 aliphatic carbocycles. The highest BCUT2D eigenvalue weighted by Crippen LogP contribution is 2.32. The minimum absolute atomic E-state index is 0.261. The first kappa shape index (κ1) is 21.1. The van der Waals surface area contributed by atoms with Gasteiger partial charge in [0.2, 0.25) is 0 Å². The smallest absolute Gasteiger partial charge is 0.328 e. The van der Waals surface area contributed by atoms with Crippen molar-refractivity contribution in [3.63, 3.8) is 0 Å². The van der Waals surface area contributed by atoms with Gasteiger partial charge in [-0.15, -0.1) is 0 Å². The van der Waals surface area contributed by atoms with Gasteiger partial charge in [0.1, 0.15) is 5.75 Å². The summed E-state index contributed by atoms with van der Waals surface area (Å²) >= 11 is 5.93. The largest absolute Gasteiger partial charge is 0.497 e. The number of pyridine rings is 1. The molecule has 2 aromatic carbocycles. The number of ketones is 1. The molecule has 7 heteroatoms. The topological polar surface area (TPSA) is 85.6 Å². The fraction of sp³-hybridized carbons (Fsp3) is 0.0870. The van der Waals surface area contributed by atoms with E-state index in [1.165, 1.54) is 23.8 Å². The van der Waals surface area contributed by atoms with Gasteiger partial charge in [-0.05, 0) is 59.7 Å². The summed E-state index contributed by atoms with van der Waals surface area (Å²) in [4.78, 5) is 36.4. The number of rotatable bonds is 6. The van der Waals surface area contributed by atoms with Crippen molar-refractivity contribution in [3.05, 3.63) is 92.9 Å². The maximum absolute atomic E-state index is 13.3. The number of aryl methyl sites for hydroxylation is 1. The molecule has 30 heavy (non-hydrogen) atoms. The summed E-state index contributed by atoms with van der Waals surface area (Å²) in [6, 6.07) is 12.9. The van der Waals surface area contributed by atoms with Crippen molar-refractivity contribution in [2.75, 3.05) is 7.11 Å². The highest BCUT2D eigenvalue weighted by Gasteiger charge is 2.18. The zero-order valence-electron chi connectivity index (χ0n) is 16.3. The molecule has 0 spiro atoms. The number of methoxy groups -OCH3 is 1. The summed E-state index contributed by atoms with van der Waals surface area (Å²) < 4.78 is 6.65. The normalized spacial score (nSPS) is 10.9. The summed E-state index contributed by atoms with van der Waals surface area (Å²) in [6.07, 6.45) is 3.85. The number of carbonyl (C=O) groups excluding carboxylic acids is 1. The molecule has 1 N–H and O–H groups in total. The van der Waals surface area contributed by atoms with E-state index in [4.69, 9.17) is 21.4 Å². The van der Waals surface area contributed by atoms with Crippen LogP contribution < -0.4 is 10.3 Å². The molecule has 0 aliphatic rings. The number of carboxylic acids is 1. The summed E-state index contributed by atoms with van der Waals surface area (Å²) in [5.74, 6) is -0.917. The number of hydrogen-bond donors (Lipinski definition) is 1. The summed E-state index contributed by atoms with van der Waals surface area (Å²) in [7, 11) is 3.08. The first-order valence-corrected chi connectivity index (χ1v) is 9.28. The standard InChI is InChI=1S/C23H18ClNO5/c1-25-13-20(15(11-21(25)26)5-10-22(27)28)18-9-8-17(30-2)12-19(18)23(29)14-3-6-16(24)7-4-14/h3-13H,1-2H3,(H,27,28)/b10-5+. The average molecular weight is 424 g/mol. The van der Waals surface area contributed by atoms with Crippen molar-refractivity contribution >= 4 is 29.4 Å². The number of ether oxygens (including phenoxy) is 1. The molecule has 1 heterocycles. The Morgan fingerprint density at radius 2 is 1.77 bits per heavy atom. The van der Waals surface area contributed by atoms with Crippen LogP contribution in [0.3, 0.4) is 0 Å². The van der Waals surface area contributed by atoms with Crippen LogP contribution in [0.2, 0.25) is 5.02 Å². The van der Waals surface area contributed by atoms with Crippen LogP contribution in [0.4, 0.5) is 0 Å². The van der Waals surface area contributed by atoms with Crippen LogP contribution in [0, 0.1) is 0 Å². The van der Waals surface area contributed by atoms with E-state index in [9.17, 15) is 14.4 Å². The first-order valence-electron chi connectivity index (χ1n) is 8.90. The number of nitrogens with zero attached hydrogens (tertiary/aromatic N) is 1. The van der Waals surface area contributed by atoms with Crippen LogP contribution in [-0.2, 0) is 11.8 Å². The lowest BCUT2D eigenvalue weighted by Gasteiger charge is -2.14. The van der Waals surface area contributed by atoms with Gasteiger partial charge in [0.15, 0.2) is 5.78 Å². The lowest BCUT2D eigenvalue weighted by molar-refractivity contribution is -0.131. The predicted octanol–water partition coefficient (Wildman–Crippen LogP) is 4.04. The molecule has 0 aliphatic heterocycles. The quantitative estimate of drug-likeness (QED) is 0.477. The van der Waals surface area contributed by atoms with Crippen molar-refractivity contribution in [1.29, 1.82) is 0 Å². The third kappa shape index (κ3) is 4.50. The molecule has 0 saturated heterocycles. The number of aliphatic carboxylic acids is 1. The number of carbonyl (C=O) groups is 2. The Bertz CT molecular complexity index is 1210. The minimum atomic E-state index is -1.14. The number of benzene rings is 2. The van der Waals surface area contributed by atoms with Crippen molar-refractivity contribution in [2.45, 2.75) is 0 Å². The fourth-order valence-electron chi connectivity index (χ4n) is 3.00.